The fourth-order valence-electron chi connectivity index (χ4n) is 3.04. The summed E-state index contributed by atoms with van der Waals surface area (Å²) >= 11 is 0. The van der Waals surface area contributed by atoms with Gasteiger partial charge >= 0.3 is 0 Å². The molecule has 0 bridgehead atoms. The van der Waals surface area contributed by atoms with Crippen molar-refractivity contribution in [1.82, 2.24) is 24.9 Å². The molecule has 9 nitrogen and oxygen atoms in total. The summed E-state index contributed by atoms with van der Waals surface area (Å²) in [4.78, 5) is 25.8. The molecule has 2 aromatic heterocycles. The van der Waals surface area contributed by atoms with Crippen LogP contribution in [0.25, 0.3) is 5.82 Å². The average molecular weight is 358 g/mol. The summed E-state index contributed by atoms with van der Waals surface area (Å²) in [5.41, 5.74) is 6.54. The average Bonchev–Trinajstić information content (AvgIpc) is 3.03. The first kappa shape index (κ1) is 17.8. The molecule has 138 valence electrons. The Balaban J connectivity index is 1.74. The molecular weight excluding hydrogens is 336 g/mol. The Labute approximate surface area is 151 Å². The van der Waals surface area contributed by atoms with E-state index in [0.717, 1.165) is 0 Å². The standard InChI is InChI=1S/C17H22N6O3/c1-3-26-15-5-4-14(20-21-15)23-11(2)13(10-19-23)17(25)22-8-6-12(7-9-22)16(18)24/h4-5,10,12H,3,6-9H2,1-2H3,(H2,18,24). The largest absolute Gasteiger partial charge is 0.477 e. The zero-order chi connectivity index (χ0) is 18.7. The summed E-state index contributed by atoms with van der Waals surface area (Å²) < 4.78 is 6.85. The van der Waals surface area contributed by atoms with Gasteiger partial charge in [-0.05, 0) is 32.8 Å². The number of nitrogens with zero attached hydrogens (tertiary/aromatic N) is 5. The first-order valence-corrected chi connectivity index (χ1v) is 8.61. The first-order valence-electron chi connectivity index (χ1n) is 8.61. The van der Waals surface area contributed by atoms with Crippen LogP contribution in [-0.4, -0.2) is 56.4 Å². The van der Waals surface area contributed by atoms with E-state index in [1.165, 1.54) is 6.20 Å². The SMILES string of the molecule is CCOc1ccc(-n2ncc(C(=O)N3CCC(C(N)=O)CC3)c2C)nn1. The Morgan fingerprint density at radius 1 is 1.27 bits per heavy atom. The summed E-state index contributed by atoms with van der Waals surface area (Å²) in [6, 6.07) is 3.45. The van der Waals surface area contributed by atoms with E-state index in [1.54, 1.807) is 21.7 Å². The molecule has 0 atom stereocenters. The molecule has 2 N–H and O–H groups in total. The van der Waals surface area contributed by atoms with Crippen LogP contribution in [0.3, 0.4) is 0 Å². The van der Waals surface area contributed by atoms with Crippen molar-refractivity contribution in [2.24, 2.45) is 11.7 Å². The Kier molecular flexibility index (Phi) is 5.15. The number of rotatable bonds is 5. The molecule has 2 amide bonds. The number of carbonyl (C=O) groups is 2. The minimum absolute atomic E-state index is 0.101. The summed E-state index contributed by atoms with van der Waals surface area (Å²) in [7, 11) is 0. The van der Waals surface area contributed by atoms with E-state index in [4.69, 9.17) is 10.5 Å². The summed E-state index contributed by atoms with van der Waals surface area (Å²) in [6.45, 7) is 5.23. The van der Waals surface area contributed by atoms with Crippen molar-refractivity contribution in [2.75, 3.05) is 19.7 Å². The van der Waals surface area contributed by atoms with Gasteiger partial charge in [0.25, 0.3) is 5.91 Å². The number of carbonyl (C=O) groups excluding carboxylic acids is 2. The van der Waals surface area contributed by atoms with Crippen molar-refractivity contribution < 1.29 is 14.3 Å². The lowest BCUT2D eigenvalue weighted by molar-refractivity contribution is -0.123. The molecule has 3 rings (SSSR count). The molecular formula is C17H22N6O3. The maximum Gasteiger partial charge on any atom is 0.257 e. The molecule has 1 fully saturated rings. The Morgan fingerprint density at radius 2 is 2.00 bits per heavy atom. The van der Waals surface area contributed by atoms with E-state index in [-0.39, 0.29) is 17.7 Å². The smallest absolute Gasteiger partial charge is 0.257 e. The zero-order valence-corrected chi connectivity index (χ0v) is 14.9. The van der Waals surface area contributed by atoms with Gasteiger partial charge in [-0.1, -0.05) is 0 Å². The topological polar surface area (TPSA) is 116 Å². The van der Waals surface area contributed by atoms with E-state index in [1.807, 2.05) is 13.8 Å². The van der Waals surface area contributed by atoms with Gasteiger partial charge in [0, 0.05) is 25.1 Å². The minimum Gasteiger partial charge on any atom is -0.477 e. The molecule has 9 heteroatoms. The molecule has 0 radical (unpaired) electrons. The van der Waals surface area contributed by atoms with Crippen LogP contribution < -0.4 is 10.5 Å². The number of hydrogen-bond acceptors (Lipinski definition) is 6. The van der Waals surface area contributed by atoms with Gasteiger partial charge in [0.05, 0.1) is 24.1 Å². The van der Waals surface area contributed by atoms with Crippen LogP contribution >= 0.6 is 0 Å². The number of nitrogens with two attached hydrogens (primary N) is 1. The van der Waals surface area contributed by atoms with Crippen LogP contribution in [-0.2, 0) is 4.79 Å². The first-order chi connectivity index (χ1) is 12.5. The Morgan fingerprint density at radius 3 is 2.58 bits per heavy atom. The summed E-state index contributed by atoms with van der Waals surface area (Å²) in [6.07, 6.45) is 2.73. The lowest BCUT2D eigenvalue weighted by atomic mass is 9.96. The highest BCUT2D eigenvalue weighted by atomic mass is 16.5. The summed E-state index contributed by atoms with van der Waals surface area (Å²) in [5, 5.41) is 12.3. The maximum atomic E-state index is 12.8. The van der Waals surface area contributed by atoms with E-state index in [9.17, 15) is 9.59 Å². The van der Waals surface area contributed by atoms with Crippen molar-refractivity contribution >= 4 is 11.8 Å². The van der Waals surface area contributed by atoms with Crippen molar-refractivity contribution in [3.63, 3.8) is 0 Å². The monoisotopic (exact) mass is 358 g/mol. The normalized spacial score (nSPS) is 15.1. The van der Waals surface area contributed by atoms with Crippen molar-refractivity contribution in [3.05, 3.63) is 29.6 Å². The second-order valence-corrected chi connectivity index (χ2v) is 6.19. The second-order valence-electron chi connectivity index (χ2n) is 6.19. The van der Waals surface area contributed by atoms with Gasteiger partial charge in [0.2, 0.25) is 11.8 Å². The highest BCUT2D eigenvalue weighted by molar-refractivity contribution is 5.95. The van der Waals surface area contributed by atoms with Gasteiger partial charge < -0.3 is 15.4 Å². The predicted molar refractivity (Wildman–Crippen MR) is 92.9 cm³/mol. The number of aromatic nitrogens is 4. The van der Waals surface area contributed by atoms with Gasteiger partial charge in [-0.15, -0.1) is 10.2 Å². The van der Waals surface area contributed by atoms with Crippen LogP contribution in [0.2, 0.25) is 0 Å². The van der Waals surface area contributed by atoms with E-state index >= 15 is 0 Å². The molecule has 26 heavy (non-hydrogen) atoms. The molecule has 0 aliphatic carbocycles. The van der Waals surface area contributed by atoms with E-state index in [2.05, 4.69) is 15.3 Å². The van der Waals surface area contributed by atoms with Crippen LogP contribution in [0.1, 0.15) is 35.8 Å². The number of piperidine rings is 1. The minimum atomic E-state index is -0.296. The number of hydrogen-bond donors (Lipinski definition) is 1. The van der Waals surface area contributed by atoms with Gasteiger partial charge in [0.15, 0.2) is 5.82 Å². The Hall–Kier alpha value is -2.97. The van der Waals surface area contributed by atoms with Crippen LogP contribution in [0.4, 0.5) is 0 Å². The van der Waals surface area contributed by atoms with Crippen molar-refractivity contribution in [3.8, 4) is 11.7 Å². The third-order valence-electron chi connectivity index (χ3n) is 4.56. The van der Waals surface area contributed by atoms with Gasteiger partial charge in [-0.2, -0.15) is 5.10 Å². The number of likely N-dealkylation sites (tertiary alicyclic amines) is 1. The molecule has 0 aromatic carbocycles. The molecule has 2 aromatic rings. The van der Waals surface area contributed by atoms with Crippen molar-refractivity contribution in [1.29, 1.82) is 0 Å². The third-order valence-corrected chi connectivity index (χ3v) is 4.56. The molecule has 1 aliphatic heterocycles. The highest BCUT2D eigenvalue weighted by Crippen LogP contribution is 2.21. The second kappa shape index (κ2) is 7.51. The molecule has 0 saturated carbocycles. The van der Waals surface area contributed by atoms with Gasteiger partial charge in [0.1, 0.15) is 0 Å². The van der Waals surface area contributed by atoms with E-state index in [0.29, 0.717) is 55.5 Å². The molecule has 0 spiro atoms. The fourth-order valence-corrected chi connectivity index (χ4v) is 3.04. The number of primary amides is 1. The molecule has 0 unspecified atom stereocenters. The predicted octanol–water partition coefficient (Wildman–Crippen LogP) is 0.707. The van der Waals surface area contributed by atoms with Crippen molar-refractivity contribution in [2.45, 2.75) is 26.7 Å². The quantitative estimate of drug-likeness (QED) is 0.841. The maximum absolute atomic E-state index is 12.8. The summed E-state index contributed by atoms with van der Waals surface area (Å²) in [5.74, 6) is 0.403. The number of ether oxygens (including phenoxy) is 1. The van der Waals surface area contributed by atoms with Gasteiger partial charge in [-0.25, -0.2) is 4.68 Å². The molecule has 3 heterocycles. The van der Waals surface area contributed by atoms with Crippen LogP contribution in [0.5, 0.6) is 5.88 Å². The molecule has 1 aliphatic rings. The van der Waals surface area contributed by atoms with Crippen LogP contribution in [0, 0.1) is 12.8 Å². The third kappa shape index (κ3) is 3.51. The van der Waals surface area contributed by atoms with E-state index < -0.39 is 0 Å². The van der Waals surface area contributed by atoms with Gasteiger partial charge in [-0.3, -0.25) is 9.59 Å². The lowest BCUT2D eigenvalue weighted by Gasteiger charge is -2.30. The zero-order valence-electron chi connectivity index (χ0n) is 14.9. The Bertz CT molecular complexity index is 793. The molecule has 1 saturated heterocycles. The fraction of sp³-hybridized carbons (Fsp3) is 0.471. The lowest BCUT2D eigenvalue weighted by Crippen LogP contribution is -2.41. The number of amides is 2. The highest BCUT2D eigenvalue weighted by Gasteiger charge is 2.28. The van der Waals surface area contributed by atoms with Crippen LogP contribution in [0.15, 0.2) is 18.3 Å².